The van der Waals surface area contributed by atoms with E-state index in [1.807, 2.05) is 93.6 Å². The van der Waals surface area contributed by atoms with Gasteiger partial charge in [0.1, 0.15) is 57.5 Å². The smallest absolute Gasteiger partial charge is 0.314 e. The molecule has 15 heteroatoms. The number of hydrogen-bond acceptors (Lipinski definition) is 15. The number of rotatable bonds is 42. The van der Waals surface area contributed by atoms with Crippen molar-refractivity contribution in [3.63, 3.8) is 0 Å². The van der Waals surface area contributed by atoms with E-state index in [0.29, 0.717) is 48.6 Å². The fourth-order valence-corrected chi connectivity index (χ4v) is 20.2. The summed E-state index contributed by atoms with van der Waals surface area (Å²) in [6, 6.07) is 54.1. The van der Waals surface area contributed by atoms with E-state index in [4.69, 9.17) is 47.4 Å². The van der Waals surface area contributed by atoms with Crippen molar-refractivity contribution in [3.05, 3.63) is 192 Å². The Hall–Kier alpha value is -9.55. The van der Waals surface area contributed by atoms with Crippen LogP contribution in [0.5, 0.6) is 57.5 Å². The molecule has 758 valence electrons. The zero-order valence-electron chi connectivity index (χ0n) is 87.1. The quantitative estimate of drug-likeness (QED) is 0.0153. The molecule has 0 aromatic heterocycles. The van der Waals surface area contributed by atoms with Crippen LogP contribution in [0.1, 0.15) is 381 Å². The summed E-state index contributed by atoms with van der Waals surface area (Å²) in [4.78, 5) is 61.2. The molecule has 6 aliphatic carbocycles. The minimum absolute atomic E-state index is 0.0684. The number of carbonyl (C=O) groups is 5. The van der Waals surface area contributed by atoms with Crippen molar-refractivity contribution in [2.45, 2.75) is 372 Å². The second-order valence-electron chi connectivity index (χ2n) is 39.7. The summed E-state index contributed by atoms with van der Waals surface area (Å²) >= 11 is 0. The van der Waals surface area contributed by atoms with E-state index in [1.54, 1.807) is 55.6 Å². The molecule has 0 atom stereocenters. The Morgan fingerprint density at radius 2 is 0.493 bits per heavy atom. The molecule has 7 aromatic rings. The van der Waals surface area contributed by atoms with Crippen LogP contribution in [0.4, 0.5) is 0 Å². The summed E-state index contributed by atoms with van der Waals surface area (Å²) in [5, 5.41) is 0. The maximum Gasteiger partial charge on any atom is 0.314 e. The van der Waals surface area contributed by atoms with Crippen LogP contribution in [0.3, 0.4) is 0 Å². The molecule has 15 nitrogen and oxygen atoms in total. The summed E-state index contributed by atoms with van der Waals surface area (Å²) in [6.07, 6.45) is 55.1. The Bertz CT molecular complexity index is 4440. The molecular formula is C123H176O15. The van der Waals surface area contributed by atoms with Gasteiger partial charge in [-0.2, -0.15) is 0 Å². The van der Waals surface area contributed by atoms with E-state index >= 15 is 0 Å². The molecule has 6 fully saturated rings. The van der Waals surface area contributed by atoms with Gasteiger partial charge in [0.05, 0.1) is 63.1 Å². The van der Waals surface area contributed by atoms with Crippen molar-refractivity contribution in [3.8, 4) is 69.3 Å². The van der Waals surface area contributed by atoms with E-state index in [2.05, 4.69) is 116 Å². The highest BCUT2D eigenvalue weighted by molar-refractivity contribution is 5.77. The third-order valence-corrected chi connectivity index (χ3v) is 29.0. The molecule has 7 aromatic carbocycles. The van der Waals surface area contributed by atoms with Crippen LogP contribution < -0.4 is 47.4 Å². The van der Waals surface area contributed by atoms with Gasteiger partial charge in [-0.1, -0.05) is 220 Å². The maximum atomic E-state index is 12.3. The molecule has 0 aliphatic heterocycles. The van der Waals surface area contributed by atoms with Gasteiger partial charge < -0.3 is 47.4 Å². The molecule has 138 heavy (non-hydrogen) atoms. The fourth-order valence-electron chi connectivity index (χ4n) is 20.2. The number of benzene rings is 7. The largest absolute Gasteiger partial charge is 0.497 e. The monoisotopic (exact) mass is 1890 g/mol. The average molecular weight is 1890 g/mol. The lowest BCUT2D eigenvalue weighted by atomic mass is 9.78. The molecule has 0 heterocycles. The minimum Gasteiger partial charge on any atom is -0.497 e. The normalized spacial score (nSPS) is 20.9. The molecule has 0 unspecified atom stereocenters. The van der Waals surface area contributed by atoms with Gasteiger partial charge in [-0.3, -0.25) is 24.0 Å². The van der Waals surface area contributed by atoms with Crippen molar-refractivity contribution in [1.82, 2.24) is 0 Å². The number of aryl methyl sites for hydroxylation is 1. The lowest BCUT2D eigenvalue weighted by molar-refractivity contribution is -0.141. The number of ether oxygens (including phenoxy) is 10. The lowest BCUT2D eigenvalue weighted by Crippen LogP contribution is -2.25. The van der Waals surface area contributed by atoms with Crippen molar-refractivity contribution in [2.75, 3.05) is 33.5 Å². The van der Waals surface area contributed by atoms with Crippen LogP contribution >= 0.6 is 0 Å². The molecule has 0 amide bonds. The summed E-state index contributed by atoms with van der Waals surface area (Å²) in [5.74, 6) is 19.6. The highest BCUT2D eigenvalue weighted by Crippen LogP contribution is 2.40. The highest BCUT2D eigenvalue weighted by Gasteiger charge is 2.33. The van der Waals surface area contributed by atoms with Gasteiger partial charge >= 0.3 is 29.8 Å². The molecule has 0 radical (unpaired) electrons. The Morgan fingerprint density at radius 1 is 0.239 bits per heavy atom. The summed E-state index contributed by atoms with van der Waals surface area (Å²) in [6.45, 7) is 26.4. The zero-order chi connectivity index (χ0) is 98.5. The van der Waals surface area contributed by atoms with Crippen LogP contribution in [0, 0.1) is 82.9 Å². The molecular weight excluding hydrogens is 1720 g/mol. The predicted octanol–water partition coefficient (Wildman–Crippen LogP) is 32.5. The van der Waals surface area contributed by atoms with Crippen molar-refractivity contribution >= 4 is 29.8 Å². The van der Waals surface area contributed by atoms with Crippen LogP contribution in [-0.2, 0) is 36.8 Å². The van der Waals surface area contributed by atoms with Crippen LogP contribution in [0.25, 0.3) is 0 Å². The van der Waals surface area contributed by atoms with Gasteiger partial charge in [0, 0.05) is 11.1 Å². The zero-order valence-corrected chi connectivity index (χ0v) is 87.1. The second-order valence-corrected chi connectivity index (χ2v) is 39.7. The Morgan fingerprint density at radius 3 is 0.768 bits per heavy atom. The van der Waals surface area contributed by atoms with Crippen molar-refractivity contribution in [2.24, 2.45) is 71.0 Å². The molecule has 6 aliphatic rings. The molecule has 0 bridgehead atoms. The Balaban J connectivity index is 0.000000204. The average Bonchev–Trinajstić information content (AvgIpc) is 0.873. The van der Waals surface area contributed by atoms with Crippen molar-refractivity contribution in [1.29, 1.82) is 0 Å². The van der Waals surface area contributed by atoms with E-state index in [9.17, 15) is 24.0 Å². The first kappa shape index (κ1) is 114. The molecule has 0 N–H and O–H groups in total. The lowest BCUT2D eigenvalue weighted by Gasteiger charge is -2.27. The number of hydrogen-bond donors (Lipinski definition) is 0. The van der Waals surface area contributed by atoms with E-state index in [1.165, 1.54) is 204 Å². The first-order valence-corrected chi connectivity index (χ1v) is 54.7. The summed E-state index contributed by atoms with van der Waals surface area (Å²) in [5.41, 5.74) is 5.11. The number of carbonyl (C=O) groups excluding carboxylic acids is 5. The Labute approximate surface area is 833 Å². The van der Waals surface area contributed by atoms with Gasteiger partial charge in [-0.15, -0.1) is 0 Å². The van der Waals surface area contributed by atoms with E-state index < -0.39 is 0 Å². The second kappa shape index (κ2) is 67.7. The molecule has 6 saturated carbocycles. The number of esters is 5. The molecule has 0 spiro atoms. The topological polar surface area (TPSA) is 178 Å². The van der Waals surface area contributed by atoms with Gasteiger partial charge in [-0.25, -0.2) is 0 Å². The van der Waals surface area contributed by atoms with Crippen molar-refractivity contribution < 1.29 is 71.3 Å². The maximum absolute atomic E-state index is 12.3. The first-order valence-electron chi connectivity index (χ1n) is 54.7. The van der Waals surface area contributed by atoms with Gasteiger partial charge in [0.2, 0.25) is 0 Å². The standard InChI is InChI=1S/C27H34.2C20H30O3.2C19H28O3.C18H26O3/c1-3-5-6-23-9-11-24(12-10-23)13-14-25-15-19-27(20-16-25)21-26-17-7-22(4-2)8-18-26;1-3-5-6-7-16-8-10-17(11-9-16)20(21)23-19-14-12-18(13-15-19)22-4-2;1-3-5-15-22-18-11-13-19(14-12-18)23-20(21)17-9-7-16(6-4-2)8-10-17;1-3-4-5-6-15-7-9-16(10-8-15)19(20)22-18-13-11-17(21-2)12-14-18;1-3-5-6-15-7-9-16(10-8-15)19(20)22-18-13-11-17(12-14-18)21-4-2;1-3-5-14-6-8-15(9-7-14)18(19)21-17-12-10-16(11-13-17)20-4-2/h9-12,15-16,19-20,22,26H,3-8,17-18,21H2,1-2H3;12-17H,3-11H2,1-2H3;11-14,16-17H,3-10,15H2,1-2H3;2*11-16H,3-10H2,1-2H3;10-15H,3-9H2,1-2H3. The summed E-state index contributed by atoms with van der Waals surface area (Å²) in [7, 11) is 1.62. The van der Waals surface area contributed by atoms with E-state index in [0.717, 1.165) is 191 Å². The van der Waals surface area contributed by atoms with Crippen LogP contribution in [-0.4, -0.2) is 63.4 Å². The molecule has 0 saturated heterocycles. The van der Waals surface area contributed by atoms with Crippen LogP contribution in [0.2, 0.25) is 0 Å². The first-order chi connectivity index (χ1) is 67.4. The summed E-state index contributed by atoms with van der Waals surface area (Å²) < 4.78 is 54.4. The van der Waals surface area contributed by atoms with Crippen LogP contribution in [0.15, 0.2) is 170 Å². The van der Waals surface area contributed by atoms with Gasteiger partial charge in [0.25, 0.3) is 0 Å². The number of unbranched alkanes of at least 4 members (excludes halogenated alkanes) is 7. The predicted molar refractivity (Wildman–Crippen MR) is 563 cm³/mol. The van der Waals surface area contributed by atoms with E-state index in [-0.39, 0.29) is 59.4 Å². The number of methoxy groups -OCH3 is 1. The third-order valence-electron chi connectivity index (χ3n) is 29.0. The third kappa shape index (κ3) is 44.5. The van der Waals surface area contributed by atoms with Gasteiger partial charge in [-0.05, 0) is 386 Å². The molecule has 13 rings (SSSR count). The fraction of sp³-hybridized carbons (Fsp3) is 0.602. The minimum atomic E-state index is -0.0749. The Kier molecular flexibility index (Phi) is 55.8. The van der Waals surface area contributed by atoms with Gasteiger partial charge in [0.15, 0.2) is 0 Å². The highest BCUT2D eigenvalue weighted by atomic mass is 16.6. The SMILES string of the molecule is CCCC1CCC(C(=O)Oc2ccc(OCC)cc2)CC1.CCCCC1CCC(C(=O)Oc2ccc(OCC)cc2)CC1.CCCCCC1CCC(C(=O)Oc2ccc(OC)cc2)CC1.CCCCCC1CCC(C(=O)Oc2ccc(OCC)cc2)CC1.CCCCOc1ccc(OC(=O)C2CCC(CCC)CC2)cc1.CCCCc1ccc(C#Cc2ccc(CC3CCC(CC)CC3)cc2)cc1.